The van der Waals surface area contributed by atoms with Crippen LogP contribution in [0, 0.1) is 5.82 Å². The van der Waals surface area contributed by atoms with Crippen LogP contribution in [-0.2, 0) is 6.54 Å². The fourth-order valence-corrected chi connectivity index (χ4v) is 2.70. The number of esters is 1. The number of thiocarbonyl (C=S) groups is 1. The molecule has 0 aliphatic rings. The smallest absolute Gasteiger partial charge is 0.343 e. The van der Waals surface area contributed by atoms with Crippen LogP contribution >= 0.6 is 12.2 Å². The van der Waals surface area contributed by atoms with E-state index in [2.05, 4.69) is 15.8 Å². The molecular formula is C23H20FN3O3S. The second kappa shape index (κ2) is 10.8. The first-order valence-corrected chi connectivity index (χ1v) is 9.72. The molecule has 158 valence electrons. The van der Waals surface area contributed by atoms with Gasteiger partial charge in [0.15, 0.2) is 16.6 Å². The Morgan fingerprint density at radius 2 is 1.81 bits per heavy atom. The summed E-state index contributed by atoms with van der Waals surface area (Å²) in [6, 6.07) is 19.9. The van der Waals surface area contributed by atoms with Crippen molar-refractivity contribution < 1.29 is 18.7 Å². The minimum Gasteiger partial charge on any atom is -0.493 e. The zero-order valence-electron chi connectivity index (χ0n) is 16.7. The van der Waals surface area contributed by atoms with Gasteiger partial charge in [-0.25, -0.2) is 9.18 Å². The SMILES string of the molecule is COc1cc(/C=N/NC(=S)NCc2ccccc2)ccc1OC(=O)c1ccc(F)cc1. The molecule has 0 atom stereocenters. The summed E-state index contributed by atoms with van der Waals surface area (Å²) in [5, 5.41) is 7.54. The molecule has 3 rings (SSSR count). The predicted molar refractivity (Wildman–Crippen MR) is 121 cm³/mol. The van der Waals surface area contributed by atoms with Gasteiger partial charge in [0.05, 0.1) is 18.9 Å². The molecule has 0 bridgehead atoms. The van der Waals surface area contributed by atoms with Gasteiger partial charge in [-0.3, -0.25) is 5.43 Å². The first kappa shape index (κ1) is 21.9. The van der Waals surface area contributed by atoms with Crippen molar-refractivity contribution in [3.63, 3.8) is 0 Å². The average Bonchev–Trinajstić information content (AvgIpc) is 2.79. The number of hydrogen-bond acceptors (Lipinski definition) is 5. The molecule has 0 fully saturated rings. The molecule has 0 saturated carbocycles. The third-order valence-electron chi connectivity index (χ3n) is 4.15. The van der Waals surface area contributed by atoms with Gasteiger partial charge in [0, 0.05) is 6.54 Å². The lowest BCUT2D eigenvalue weighted by Crippen LogP contribution is -2.31. The number of halogens is 1. The maximum absolute atomic E-state index is 13.0. The lowest BCUT2D eigenvalue weighted by molar-refractivity contribution is 0.0729. The van der Waals surface area contributed by atoms with E-state index >= 15 is 0 Å². The van der Waals surface area contributed by atoms with Gasteiger partial charge in [-0.1, -0.05) is 30.3 Å². The number of carbonyl (C=O) groups excluding carboxylic acids is 1. The van der Waals surface area contributed by atoms with Crippen LogP contribution in [0.5, 0.6) is 11.5 Å². The van der Waals surface area contributed by atoms with Gasteiger partial charge in [-0.2, -0.15) is 5.10 Å². The standard InChI is InChI=1S/C23H20FN3O3S/c1-29-21-13-17(15-26-27-23(31)25-14-16-5-3-2-4-6-16)7-12-20(21)30-22(28)18-8-10-19(24)11-9-18/h2-13,15H,14H2,1H3,(H2,25,27,31)/b26-15+. The Bertz CT molecular complexity index is 1070. The Kier molecular flexibility index (Phi) is 7.67. The summed E-state index contributed by atoms with van der Waals surface area (Å²) in [5.41, 5.74) is 4.78. The van der Waals surface area contributed by atoms with Gasteiger partial charge in [0.1, 0.15) is 5.82 Å². The van der Waals surface area contributed by atoms with Crippen molar-refractivity contribution in [3.05, 3.63) is 95.3 Å². The summed E-state index contributed by atoms with van der Waals surface area (Å²) in [7, 11) is 1.46. The fourth-order valence-electron chi connectivity index (χ4n) is 2.58. The Balaban J connectivity index is 1.56. The average molecular weight is 437 g/mol. The van der Waals surface area contributed by atoms with Crippen LogP contribution in [0.25, 0.3) is 0 Å². The number of ether oxygens (including phenoxy) is 2. The molecule has 6 nitrogen and oxygen atoms in total. The monoisotopic (exact) mass is 437 g/mol. The molecule has 0 unspecified atom stereocenters. The summed E-state index contributed by atoms with van der Waals surface area (Å²) in [6.07, 6.45) is 1.56. The van der Waals surface area contributed by atoms with E-state index in [-0.39, 0.29) is 11.3 Å². The summed E-state index contributed by atoms with van der Waals surface area (Å²) >= 11 is 5.20. The van der Waals surface area contributed by atoms with Crippen molar-refractivity contribution in [2.24, 2.45) is 5.10 Å². The van der Waals surface area contributed by atoms with E-state index in [0.717, 1.165) is 5.56 Å². The van der Waals surface area contributed by atoms with Crippen molar-refractivity contribution in [2.75, 3.05) is 7.11 Å². The second-order valence-electron chi connectivity index (χ2n) is 6.34. The summed E-state index contributed by atoms with van der Waals surface area (Å²) < 4.78 is 23.7. The zero-order valence-corrected chi connectivity index (χ0v) is 17.5. The van der Waals surface area contributed by atoms with Gasteiger partial charge in [0.25, 0.3) is 0 Å². The third kappa shape index (κ3) is 6.61. The van der Waals surface area contributed by atoms with Crippen LogP contribution in [0.3, 0.4) is 0 Å². The molecule has 31 heavy (non-hydrogen) atoms. The maximum Gasteiger partial charge on any atom is 0.343 e. The first-order chi connectivity index (χ1) is 15.0. The maximum atomic E-state index is 13.0. The van der Waals surface area contributed by atoms with Crippen LogP contribution in [0.15, 0.2) is 77.9 Å². The highest BCUT2D eigenvalue weighted by molar-refractivity contribution is 7.80. The van der Waals surface area contributed by atoms with E-state index in [9.17, 15) is 9.18 Å². The molecule has 2 N–H and O–H groups in total. The van der Waals surface area contributed by atoms with Crippen molar-refractivity contribution in [1.82, 2.24) is 10.7 Å². The highest BCUT2D eigenvalue weighted by Crippen LogP contribution is 2.28. The molecule has 0 radical (unpaired) electrons. The fraction of sp³-hybridized carbons (Fsp3) is 0.0870. The normalized spacial score (nSPS) is 10.5. The predicted octanol–water partition coefficient (Wildman–Crippen LogP) is 4.05. The minimum atomic E-state index is -0.615. The van der Waals surface area contributed by atoms with E-state index in [4.69, 9.17) is 21.7 Å². The van der Waals surface area contributed by atoms with E-state index < -0.39 is 11.8 Å². The molecule has 0 aromatic heterocycles. The summed E-state index contributed by atoms with van der Waals surface area (Å²) in [6.45, 7) is 0.587. The minimum absolute atomic E-state index is 0.231. The molecular weight excluding hydrogens is 417 g/mol. The molecule has 3 aromatic rings. The molecule has 8 heteroatoms. The topological polar surface area (TPSA) is 71.9 Å². The number of nitrogens with one attached hydrogen (secondary N) is 2. The molecule has 3 aromatic carbocycles. The first-order valence-electron chi connectivity index (χ1n) is 9.32. The third-order valence-corrected chi connectivity index (χ3v) is 4.38. The van der Waals surface area contributed by atoms with E-state index in [0.29, 0.717) is 23.0 Å². The van der Waals surface area contributed by atoms with E-state index in [1.54, 1.807) is 24.4 Å². The van der Waals surface area contributed by atoms with Crippen molar-refractivity contribution in [2.45, 2.75) is 6.54 Å². The number of nitrogens with zero attached hydrogens (tertiary/aromatic N) is 1. The lowest BCUT2D eigenvalue weighted by atomic mass is 10.2. The largest absolute Gasteiger partial charge is 0.493 e. The van der Waals surface area contributed by atoms with Crippen LogP contribution in [0.1, 0.15) is 21.5 Å². The number of rotatable bonds is 7. The van der Waals surface area contributed by atoms with Crippen LogP contribution in [0.4, 0.5) is 4.39 Å². The highest BCUT2D eigenvalue weighted by Gasteiger charge is 2.13. The van der Waals surface area contributed by atoms with E-state index in [1.807, 2.05) is 30.3 Å². The Labute approximate surface area is 184 Å². The second-order valence-corrected chi connectivity index (χ2v) is 6.75. The quantitative estimate of drug-likeness (QED) is 0.191. The van der Waals surface area contributed by atoms with E-state index in [1.165, 1.54) is 31.4 Å². The lowest BCUT2D eigenvalue weighted by Gasteiger charge is -2.10. The van der Waals surface area contributed by atoms with Gasteiger partial charge in [0.2, 0.25) is 0 Å². The number of hydrazone groups is 1. The molecule has 0 amide bonds. The van der Waals surface area contributed by atoms with Gasteiger partial charge >= 0.3 is 5.97 Å². The molecule has 0 spiro atoms. The zero-order chi connectivity index (χ0) is 22.1. The molecule has 0 heterocycles. The number of carbonyl (C=O) groups is 1. The summed E-state index contributed by atoms with van der Waals surface area (Å²) in [5.74, 6) is -0.455. The number of hydrogen-bond donors (Lipinski definition) is 2. The molecule has 0 aliphatic carbocycles. The van der Waals surface area contributed by atoms with Gasteiger partial charge in [-0.05, 0) is 65.8 Å². The van der Waals surface area contributed by atoms with Crippen molar-refractivity contribution >= 4 is 29.5 Å². The van der Waals surface area contributed by atoms with Crippen LogP contribution < -0.4 is 20.2 Å². The Morgan fingerprint density at radius 3 is 2.52 bits per heavy atom. The van der Waals surface area contributed by atoms with Gasteiger partial charge in [-0.15, -0.1) is 0 Å². The highest BCUT2D eigenvalue weighted by atomic mass is 32.1. The van der Waals surface area contributed by atoms with Crippen molar-refractivity contribution in [1.29, 1.82) is 0 Å². The molecule has 0 aliphatic heterocycles. The summed E-state index contributed by atoms with van der Waals surface area (Å²) in [4.78, 5) is 12.2. The van der Waals surface area contributed by atoms with Gasteiger partial charge < -0.3 is 14.8 Å². The Hall–Kier alpha value is -3.78. The Morgan fingerprint density at radius 1 is 1.06 bits per heavy atom. The van der Waals surface area contributed by atoms with Crippen LogP contribution in [-0.4, -0.2) is 24.4 Å². The number of benzene rings is 3. The van der Waals surface area contributed by atoms with Crippen LogP contribution in [0.2, 0.25) is 0 Å². The number of methoxy groups -OCH3 is 1. The molecule has 0 saturated heterocycles. The van der Waals surface area contributed by atoms with Crippen molar-refractivity contribution in [3.8, 4) is 11.5 Å².